The average Bonchev–Trinajstić information content (AvgIpc) is 2.94. The van der Waals surface area contributed by atoms with E-state index in [0.29, 0.717) is 12.1 Å². The van der Waals surface area contributed by atoms with E-state index in [-0.39, 0.29) is 11.9 Å². The number of ether oxygens (including phenoxy) is 1. The van der Waals surface area contributed by atoms with Crippen LogP contribution in [-0.2, 0) is 7.05 Å². The lowest BCUT2D eigenvalue weighted by Crippen LogP contribution is -2.34. The summed E-state index contributed by atoms with van der Waals surface area (Å²) in [6.07, 6.45) is 0. The minimum Gasteiger partial charge on any atom is -0.497 e. The van der Waals surface area contributed by atoms with Crippen LogP contribution < -0.4 is 10.1 Å². The Kier molecular flexibility index (Phi) is 5.65. The van der Waals surface area contributed by atoms with Crippen LogP contribution in [0.3, 0.4) is 0 Å². The van der Waals surface area contributed by atoms with Crippen LogP contribution in [0.2, 0.25) is 0 Å². The van der Waals surface area contributed by atoms with Crippen LogP contribution in [0.1, 0.15) is 33.4 Å². The number of amides is 1. The zero-order valence-electron chi connectivity index (χ0n) is 17.3. The molecule has 28 heavy (non-hydrogen) atoms. The van der Waals surface area contributed by atoms with E-state index in [1.807, 2.05) is 65.3 Å². The molecule has 0 bridgehead atoms. The van der Waals surface area contributed by atoms with E-state index in [1.54, 1.807) is 11.8 Å². The molecule has 0 saturated carbocycles. The first-order chi connectivity index (χ1) is 13.3. The number of carbonyl (C=O) groups excluding carboxylic acids is 1. The van der Waals surface area contributed by atoms with Gasteiger partial charge in [0.2, 0.25) is 0 Å². The number of fused-ring (bicyclic) bond motifs is 1. The van der Waals surface area contributed by atoms with Gasteiger partial charge in [-0.15, -0.1) is 0 Å². The van der Waals surface area contributed by atoms with Crippen LogP contribution in [0, 0.1) is 13.8 Å². The van der Waals surface area contributed by atoms with Crippen LogP contribution in [0.5, 0.6) is 5.75 Å². The second-order valence-electron chi connectivity index (χ2n) is 7.18. The molecular formula is C21H27N5O2. The van der Waals surface area contributed by atoms with Gasteiger partial charge in [0, 0.05) is 19.3 Å². The topological polar surface area (TPSA) is 72.3 Å². The highest BCUT2D eigenvalue weighted by Crippen LogP contribution is 2.24. The average molecular weight is 381 g/mol. The van der Waals surface area contributed by atoms with Gasteiger partial charge in [-0.25, -0.2) is 4.98 Å². The van der Waals surface area contributed by atoms with Crippen LogP contribution >= 0.6 is 0 Å². The van der Waals surface area contributed by atoms with E-state index < -0.39 is 0 Å². The van der Waals surface area contributed by atoms with E-state index >= 15 is 0 Å². The summed E-state index contributed by atoms with van der Waals surface area (Å²) in [7, 11) is 7.49. The Morgan fingerprint density at radius 1 is 1.29 bits per heavy atom. The zero-order valence-corrected chi connectivity index (χ0v) is 17.3. The van der Waals surface area contributed by atoms with Gasteiger partial charge in [0.05, 0.1) is 29.8 Å². The monoisotopic (exact) mass is 381 g/mol. The summed E-state index contributed by atoms with van der Waals surface area (Å²) >= 11 is 0. The van der Waals surface area contributed by atoms with Crippen molar-refractivity contribution in [2.45, 2.75) is 19.9 Å². The van der Waals surface area contributed by atoms with Crippen molar-refractivity contribution in [3.8, 4) is 5.75 Å². The normalized spacial score (nSPS) is 12.4. The number of hydrogen-bond donors (Lipinski definition) is 1. The molecule has 2 aromatic heterocycles. The second kappa shape index (κ2) is 7.98. The van der Waals surface area contributed by atoms with Crippen molar-refractivity contribution in [3.63, 3.8) is 0 Å². The Balaban J connectivity index is 1.87. The summed E-state index contributed by atoms with van der Waals surface area (Å²) in [4.78, 5) is 19.6. The van der Waals surface area contributed by atoms with Crippen molar-refractivity contribution in [2.75, 3.05) is 27.7 Å². The SMILES string of the molecule is COc1cccc(C(CNC(=O)c2cc(C)nc3c2c(C)nn3C)N(C)C)c1. The molecule has 0 aliphatic rings. The highest BCUT2D eigenvalue weighted by atomic mass is 16.5. The van der Waals surface area contributed by atoms with E-state index in [4.69, 9.17) is 4.74 Å². The van der Waals surface area contributed by atoms with Gasteiger partial charge in [0.15, 0.2) is 5.65 Å². The molecule has 0 aliphatic carbocycles. The molecule has 0 fully saturated rings. The standard InChI is InChI=1S/C21H27N5O2/c1-13-10-17(19-14(2)24-26(5)20(19)23-13)21(27)22-12-18(25(3)4)15-8-7-9-16(11-15)28-6/h7-11,18H,12H2,1-6H3,(H,22,27). The summed E-state index contributed by atoms with van der Waals surface area (Å²) in [5.74, 6) is 0.675. The molecule has 7 heteroatoms. The lowest BCUT2D eigenvalue weighted by atomic mass is 10.0. The number of likely N-dealkylation sites (N-methyl/N-ethyl adjacent to an activating group) is 1. The predicted octanol–water partition coefficient (Wildman–Crippen LogP) is 2.63. The Morgan fingerprint density at radius 2 is 2.04 bits per heavy atom. The first kappa shape index (κ1) is 19.8. The first-order valence-electron chi connectivity index (χ1n) is 9.21. The minimum atomic E-state index is -0.124. The molecule has 3 rings (SSSR count). The van der Waals surface area contributed by atoms with Crippen LogP contribution in [0.15, 0.2) is 30.3 Å². The quantitative estimate of drug-likeness (QED) is 0.711. The van der Waals surface area contributed by atoms with Gasteiger partial charge in [0.25, 0.3) is 5.91 Å². The molecule has 0 spiro atoms. The summed E-state index contributed by atoms with van der Waals surface area (Å²) in [6.45, 7) is 4.26. The van der Waals surface area contributed by atoms with Crippen molar-refractivity contribution in [1.82, 2.24) is 25.0 Å². The van der Waals surface area contributed by atoms with Crippen molar-refractivity contribution < 1.29 is 9.53 Å². The molecule has 1 aromatic carbocycles. The first-order valence-corrected chi connectivity index (χ1v) is 9.21. The van der Waals surface area contributed by atoms with E-state index in [9.17, 15) is 4.79 Å². The summed E-state index contributed by atoms with van der Waals surface area (Å²) in [5.41, 5.74) is 4.00. The van der Waals surface area contributed by atoms with Gasteiger partial charge in [-0.2, -0.15) is 5.10 Å². The highest BCUT2D eigenvalue weighted by molar-refractivity contribution is 6.06. The molecule has 1 N–H and O–H groups in total. The van der Waals surface area contributed by atoms with Gasteiger partial charge in [-0.05, 0) is 51.7 Å². The zero-order chi connectivity index (χ0) is 20.4. The van der Waals surface area contributed by atoms with Crippen molar-refractivity contribution in [3.05, 3.63) is 52.8 Å². The van der Waals surface area contributed by atoms with Gasteiger partial charge in [-0.3, -0.25) is 9.48 Å². The van der Waals surface area contributed by atoms with Crippen molar-refractivity contribution >= 4 is 16.9 Å². The number of rotatable bonds is 6. The highest BCUT2D eigenvalue weighted by Gasteiger charge is 2.20. The number of benzene rings is 1. The number of aryl methyl sites for hydroxylation is 3. The lowest BCUT2D eigenvalue weighted by Gasteiger charge is -2.25. The third-order valence-corrected chi connectivity index (χ3v) is 4.90. The number of methoxy groups -OCH3 is 1. The summed E-state index contributed by atoms with van der Waals surface area (Å²) in [6, 6.07) is 9.75. The van der Waals surface area contributed by atoms with Gasteiger partial charge >= 0.3 is 0 Å². The van der Waals surface area contributed by atoms with Crippen LogP contribution in [0.4, 0.5) is 0 Å². The Bertz CT molecular complexity index is 1010. The molecule has 0 saturated heterocycles. The fourth-order valence-corrected chi connectivity index (χ4v) is 3.48. The van der Waals surface area contributed by atoms with E-state index in [1.165, 1.54) is 0 Å². The molecule has 1 amide bonds. The maximum Gasteiger partial charge on any atom is 0.252 e. The molecule has 0 aliphatic heterocycles. The largest absolute Gasteiger partial charge is 0.497 e. The maximum atomic E-state index is 13.0. The number of pyridine rings is 1. The summed E-state index contributed by atoms with van der Waals surface area (Å²) in [5, 5.41) is 8.30. The maximum absolute atomic E-state index is 13.0. The molecule has 3 aromatic rings. The minimum absolute atomic E-state index is 0.0208. The van der Waals surface area contributed by atoms with Crippen molar-refractivity contribution in [1.29, 1.82) is 0 Å². The smallest absolute Gasteiger partial charge is 0.252 e. The number of carbonyl (C=O) groups is 1. The number of aromatic nitrogens is 3. The summed E-state index contributed by atoms with van der Waals surface area (Å²) < 4.78 is 7.05. The Hall–Kier alpha value is -2.93. The molecule has 0 radical (unpaired) electrons. The van der Waals surface area contributed by atoms with E-state index in [0.717, 1.165) is 33.7 Å². The third-order valence-electron chi connectivity index (χ3n) is 4.90. The lowest BCUT2D eigenvalue weighted by molar-refractivity contribution is 0.0943. The number of nitrogens with zero attached hydrogens (tertiary/aromatic N) is 4. The molecule has 148 valence electrons. The van der Waals surface area contributed by atoms with Gasteiger partial charge in [-0.1, -0.05) is 12.1 Å². The molecule has 7 nitrogen and oxygen atoms in total. The van der Waals surface area contributed by atoms with E-state index in [2.05, 4.69) is 20.3 Å². The Morgan fingerprint density at radius 3 is 2.71 bits per heavy atom. The molecule has 1 unspecified atom stereocenters. The molecular weight excluding hydrogens is 354 g/mol. The molecule has 2 heterocycles. The van der Waals surface area contributed by atoms with Gasteiger partial charge in [0.1, 0.15) is 5.75 Å². The Labute approximate surface area is 165 Å². The van der Waals surface area contributed by atoms with Gasteiger partial charge < -0.3 is 15.0 Å². The van der Waals surface area contributed by atoms with Crippen molar-refractivity contribution in [2.24, 2.45) is 7.05 Å². The predicted molar refractivity (Wildman–Crippen MR) is 110 cm³/mol. The van der Waals surface area contributed by atoms with Crippen LogP contribution in [0.25, 0.3) is 11.0 Å². The third kappa shape index (κ3) is 3.84. The number of hydrogen-bond acceptors (Lipinski definition) is 5. The second-order valence-corrected chi connectivity index (χ2v) is 7.18. The fourth-order valence-electron chi connectivity index (χ4n) is 3.48. The number of nitrogens with one attached hydrogen (secondary N) is 1. The van der Waals surface area contributed by atoms with Crippen LogP contribution in [-0.4, -0.2) is 53.3 Å². The molecule has 1 atom stereocenters. The fraction of sp³-hybridized carbons (Fsp3) is 0.381.